The van der Waals surface area contributed by atoms with Gasteiger partial charge in [-0.25, -0.2) is 8.78 Å². The average molecular weight is 277 g/mol. The maximum atomic E-state index is 14.0. The number of aryl methyl sites for hydroxylation is 1. The van der Waals surface area contributed by atoms with Crippen molar-refractivity contribution in [3.05, 3.63) is 46.5 Å². The highest BCUT2D eigenvalue weighted by molar-refractivity contribution is 5.30. The molecule has 0 saturated carbocycles. The molecule has 0 spiro atoms. The Balaban J connectivity index is 1.84. The molecular formula is C17H21F2N. The number of benzene rings is 1. The summed E-state index contributed by atoms with van der Waals surface area (Å²) in [4.78, 5) is 2.43. The van der Waals surface area contributed by atoms with Crippen molar-refractivity contribution in [3.63, 3.8) is 0 Å². The van der Waals surface area contributed by atoms with E-state index >= 15 is 0 Å². The zero-order valence-electron chi connectivity index (χ0n) is 12.1. The van der Waals surface area contributed by atoms with Crippen LogP contribution in [0.2, 0.25) is 0 Å². The van der Waals surface area contributed by atoms with Crippen LogP contribution in [-0.4, -0.2) is 24.0 Å². The van der Waals surface area contributed by atoms with E-state index in [2.05, 4.69) is 18.0 Å². The normalized spacial score (nSPS) is 26.5. The smallest absolute Gasteiger partial charge is 0.162 e. The Bertz CT molecular complexity index is 550. The first-order chi connectivity index (χ1) is 9.56. The Hall–Kier alpha value is -1.22. The maximum Gasteiger partial charge on any atom is 0.162 e. The number of halogens is 2. The highest BCUT2D eigenvalue weighted by Crippen LogP contribution is 2.33. The number of fused-ring (bicyclic) bond motifs is 2. The third-order valence-corrected chi connectivity index (χ3v) is 4.84. The predicted molar refractivity (Wildman–Crippen MR) is 76.7 cm³/mol. The van der Waals surface area contributed by atoms with Gasteiger partial charge in [0.15, 0.2) is 11.6 Å². The van der Waals surface area contributed by atoms with Crippen LogP contribution in [0.4, 0.5) is 8.78 Å². The van der Waals surface area contributed by atoms with E-state index in [1.807, 2.05) is 0 Å². The minimum atomic E-state index is -0.698. The monoisotopic (exact) mass is 277 g/mol. The molecule has 0 N–H and O–H groups in total. The van der Waals surface area contributed by atoms with Gasteiger partial charge in [-0.3, -0.25) is 4.90 Å². The SMILES string of the molecule is Cc1ccc(CC2=CC3CCCC(C2)N3C)c(F)c1F. The molecule has 0 radical (unpaired) electrons. The first-order valence-electron chi connectivity index (χ1n) is 7.41. The summed E-state index contributed by atoms with van der Waals surface area (Å²) in [7, 11) is 2.17. The third kappa shape index (κ3) is 2.39. The van der Waals surface area contributed by atoms with Crippen LogP contribution in [-0.2, 0) is 6.42 Å². The molecule has 1 nitrogen and oxygen atoms in total. The number of hydrogen-bond donors (Lipinski definition) is 0. The molecule has 2 aliphatic rings. The van der Waals surface area contributed by atoms with Crippen LogP contribution < -0.4 is 0 Å². The number of rotatable bonds is 2. The molecule has 1 saturated heterocycles. The molecular weight excluding hydrogens is 256 g/mol. The fourth-order valence-corrected chi connectivity index (χ4v) is 3.53. The first-order valence-corrected chi connectivity index (χ1v) is 7.41. The van der Waals surface area contributed by atoms with Gasteiger partial charge in [0.2, 0.25) is 0 Å². The highest BCUT2D eigenvalue weighted by Gasteiger charge is 2.31. The maximum absolute atomic E-state index is 14.0. The molecule has 1 fully saturated rings. The van der Waals surface area contributed by atoms with Crippen LogP contribution in [0.5, 0.6) is 0 Å². The molecule has 3 rings (SSSR count). The van der Waals surface area contributed by atoms with Gasteiger partial charge in [-0.05, 0) is 50.8 Å². The summed E-state index contributed by atoms with van der Waals surface area (Å²) < 4.78 is 27.6. The van der Waals surface area contributed by atoms with Crippen molar-refractivity contribution >= 4 is 0 Å². The first kappa shape index (κ1) is 13.7. The summed E-state index contributed by atoms with van der Waals surface area (Å²) in [5.41, 5.74) is 2.13. The number of piperidine rings is 1. The number of hydrogen-bond acceptors (Lipinski definition) is 1. The van der Waals surface area contributed by atoms with Crippen molar-refractivity contribution in [3.8, 4) is 0 Å². The largest absolute Gasteiger partial charge is 0.297 e. The lowest BCUT2D eigenvalue weighted by Gasteiger charge is -2.42. The fraction of sp³-hybridized carbons (Fsp3) is 0.529. The second kappa shape index (κ2) is 5.28. The third-order valence-electron chi connectivity index (χ3n) is 4.84. The molecule has 2 heterocycles. The van der Waals surface area contributed by atoms with Gasteiger partial charge in [-0.2, -0.15) is 0 Å². The van der Waals surface area contributed by atoms with Crippen molar-refractivity contribution in [1.82, 2.24) is 4.90 Å². The molecule has 3 heteroatoms. The van der Waals surface area contributed by atoms with E-state index in [1.54, 1.807) is 19.1 Å². The van der Waals surface area contributed by atoms with Crippen molar-refractivity contribution in [2.75, 3.05) is 7.05 Å². The summed E-state index contributed by atoms with van der Waals surface area (Å²) in [6.45, 7) is 1.60. The van der Waals surface area contributed by atoms with Crippen molar-refractivity contribution < 1.29 is 8.78 Å². The van der Waals surface area contributed by atoms with Crippen LogP contribution in [0, 0.1) is 18.6 Å². The van der Waals surface area contributed by atoms with E-state index in [-0.39, 0.29) is 0 Å². The zero-order valence-corrected chi connectivity index (χ0v) is 12.1. The zero-order chi connectivity index (χ0) is 14.3. The van der Waals surface area contributed by atoms with Crippen LogP contribution >= 0.6 is 0 Å². The summed E-state index contributed by atoms with van der Waals surface area (Å²) in [6.07, 6.45) is 7.48. The molecule has 0 aromatic heterocycles. The van der Waals surface area contributed by atoms with Crippen molar-refractivity contribution in [2.24, 2.45) is 0 Å². The van der Waals surface area contributed by atoms with Gasteiger partial charge < -0.3 is 0 Å². The highest BCUT2D eigenvalue weighted by atomic mass is 19.2. The van der Waals surface area contributed by atoms with E-state index in [1.165, 1.54) is 24.8 Å². The lowest BCUT2D eigenvalue weighted by atomic mass is 9.83. The van der Waals surface area contributed by atoms with Crippen LogP contribution in [0.1, 0.15) is 36.8 Å². The molecule has 0 amide bonds. The molecule has 20 heavy (non-hydrogen) atoms. The summed E-state index contributed by atoms with van der Waals surface area (Å²) >= 11 is 0. The lowest BCUT2D eigenvalue weighted by Crippen LogP contribution is -2.46. The summed E-state index contributed by atoms with van der Waals surface area (Å²) in [5.74, 6) is -1.37. The fourth-order valence-electron chi connectivity index (χ4n) is 3.53. The number of nitrogens with zero attached hydrogens (tertiary/aromatic N) is 1. The summed E-state index contributed by atoms with van der Waals surface area (Å²) in [6, 6.07) is 4.45. The van der Waals surface area contributed by atoms with Gasteiger partial charge in [0, 0.05) is 12.1 Å². The predicted octanol–water partition coefficient (Wildman–Crippen LogP) is 4.00. The second-order valence-corrected chi connectivity index (χ2v) is 6.19. The molecule has 1 aromatic rings. The Labute approximate surface area is 119 Å². The van der Waals surface area contributed by atoms with Crippen molar-refractivity contribution in [1.29, 1.82) is 0 Å². The second-order valence-electron chi connectivity index (χ2n) is 6.19. The molecule has 2 bridgehead atoms. The quantitative estimate of drug-likeness (QED) is 0.739. The van der Waals surface area contributed by atoms with Crippen LogP contribution in [0.15, 0.2) is 23.8 Å². The van der Waals surface area contributed by atoms with Gasteiger partial charge in [0.05, 0.1) is 0 Å². The summed E-state index contributed by atoms with van der Waals surface area (Å²) in [5, 5.41) is 0. The topological polar surface area (TPSA) is 3.24 Å². The van der Waals surface area contributed by atoms with Gasteiger partial charge in [-0.1, -0.05) is 30.2 Å². The van der Waals surface area contributed by atoms with E-state index in [0.717, 1.165) is 6.42 Å². The minimum Gasteiger partial charge on any atom is -0.297 e. The van der Waals surface area contributed by atoms with Crippen molar-refractivity contribution in [2.45, 2.75) is 51.1 Å². The van der Waals surface area contributed by atoms with Crippen LogP contribution in [0.3, 0.4) is 0 Å². The van der Waals surface area contributed by atoms with Gasteiger partial charge in [0.1, 0.15) is 0 Å². The minimum absolute atomic E-state index is 0.375. The van der Waals surface area contributed by atoms with Gasteiger partial charge in [-0.15, -0.1) is 0 Å². The standard InChI is InChI=1S/C17H21F2N/c1-11-6-7-13(17(19)16(11)18)8-12-9-14-4-3-5-15(10-12)20(14)2/h6-7,9,14-15H,3-5,8,10H2,1-2H3. The molecule has 2 unspecified atom stereocenters. The Kier molecular flexibility index (Phi) is 3.63. The molecule has 108 valence electrons. The van der Waals surface area contributed by atoms with E-state index in [9.17, 15) is 8.78 Å². The molecule has 2 atom stereocenters. The number of likely N-dealkylation sites (N-methyl/N-ethyl adjacent to an activating group) is 1. The Morgan fingerprint density at radius 2 is 2.00 bits per heavy atom. The van der Waals surface area contributed by atoms with Gasteiger partial charge in [0.25, 0.3) is 0 Å². The van der Waals surface area contributed by atoms with E-state index in [0.29, 0.717) is 29.6 Å². The van der Waals surface area contributed by atoms with Crippen LogP contribution in [0.25, 0.3) is 0 Å². The van der Waals surface area contributed by atoms with Gasteiger partial charge >= 0.3 is 0 Å². The molecule has 0 aliphatic carbocycles. The lowest BCUT2D eigenvalue weighted by molar-refractivity contribution is 0.129. The van der Waals surface area contributed by atoms with E-state index < -0.39 is 11.6 Å². The molecule has 1 aromatic carbocycles. The molecule has 2 aliphatic heterocycles. The Morgan fingerprint density at radius 3 is 2.75 bits per heavy atom. The van der Waals surface area contributed by atoms with E-state index in [4.69, 9.17) is 0 Å². The Morgan fingerprint density at radius 1 is 1.20 bits per heavy atom. The average Bonchev–Trinajstić information content (AvgIpc) is 2.40.